The second-order valence-corrected chi connectivity index (χ2v) is 2.31. The summed E-state index contributed by atoms with van der Waals surface area (Å²) in [5.41, 5.74) is -0.907. The number of ether oxygens (including phenoxy) is 1. The molecule has 1 aromatic heterocycles. The van der Waals surface area contributed by atoms with Gasteiger partial charge >= 0.3 is 6.18 Å². The van der Waals surface area contributed by atoms with E-state index < -0.39 is 11.9 Å². The highest BCUT2D eigenvalue weighted by Gasteiger charge is 2.32. The molecule has 1 aromatic rings. The highest BCUT2D eigenvalue weighted by atomic mass is 19.4. The summed E-state index contributed by atoms with van der Waals surface area (Å²) in [5, 5.41) is 0. The predicted molar refractivity (Wildman–Crippen MR) is 40.4 cm³/mol. The lowest BCUT2D eigenvalue weighted by Crippen LogP contribution is -2.07. The molecule has 72 valence electrons. The van der Waals surface area contributed by atoms with E-state index in [1.165, 1.54) is 6.07 Å². The number of rotatable bonds is 2. The first-order valence-corrected chi connectivity index (χ1v) is 3.70. The number of hydrogen-bond acceptors (Lipinski definition) is 2. The third kappa shape index (κ3) is 2.61. The van der Waals surface area contributed by atoms with Crippen LogP contribution in [0.4, 0.5) is 13.2 Å². The van der Waals surface area contributed by atoms with Crippen LogP contribution >= 0.6 is 0 Å². The van der Waals surface area contributed by atoms with Crippen LogP contribution in [-0.4, -0.2) is 11.6 Å². The number of alkyl halides is 3. The normalized spacial score (nSPS) is 11.4. The molecule has 0 saturated heterocycles. The molecule has 0 N–H and O–H groups in total. The molecule has 0 aliphatic carbocycles. The first kappa shape index (κ1) is 9.83. The summed E-state index contributed by atoms with van der Waals surface area (Å²) < 4.78 is 40.9. The van der Waals surface area contributed by atoms with Gasteiger partial charge in [-0.05, 0) is 19.1 Å². The largest absolute Gasteiger partial charge is 0.492 e. The molecule has 0 atom stereocenters. The van der Waals surface area contributed by atoms with Crippen LogP contribution in [-0.2, 0) is 6.18 Å². The van der Waals surface area contributed by atoms with Gasteiger partial charge < -0.3 is 4.74 Å². The quantitative estimate of drug-likeness (QED) is 0.716. The van der Waals surface area contributed by atoms with Crippen molar-refractivity contribution in [3.8, 4) is 5.75 Å². The smallest absolute Gasteiger partial charge is 0.433 e. The summed E-state index contributed by atoms with van der Waals surface area (Å²) >= 11 is 0. The highest BCUT2D eigenvalue weighted by molar-refractivity contribution is 5.21. The zero-order chi connectivity index (χ0) is 9.90. The van der Waals surface area contributed by atoms with Gasteiger partial charge in [-0.2, -0.15) is 13.2 Å². The first-order chi connectivity index (χ1) is 6.04. The third-order valence-electron chi connectivity index (χ3n) is 1.34. The molecule has 5 heteroatoms. The molecule has 0 aromatic carbocycles. The van der Waals surface area contributed by atoms with E-state index >= 15 is 0 Å². The minimum atomic E-state index is -4.38. The van der Waals surface area contributed by atoms with Crippen molar-refractivity contribution < 1.29 is 17.9 Å². The molecule has 1 heterocycles. The number of halogens is 3. The summed E-state index contributed by atoms with van der Waals surface area (Å²) in [6.07, 6.45) is -3.32. The number of aromatic nitrogens is 1. The molecular weight excluding hydrogens is 183 g/mol. The van der Waals surface area contributed by atoms with Crippen molar-refractivity contribution in [1.29, 1.82) is 0 Å². The Labute approximate surface area is 73.4 Å². The average molecular weight is 191 g/mol. The van der Waals surface area contributed by atoms with Gasteiger partial charge in [-0.25, -0.2) is 4.98 Å². The van der Waals surface area contributed by atoms with E-state index in [-0.39, 0.29) is 0 Å². The Morgan fingerprint density at radius 3 is 2.46 bits per heavy atom. The van der Waals surface area contributed by atoms with Crippen LogP contribution in [0.1, 0.15) is 12.6 Å². The van der Waals surface area contributed by atoms with E-state index in [0.29, 0.717) is 12.4 Å². The van der Waals surface area contributed by atoms with Gasteiger partial charge in [0.15, 0.2) is 0 Å². The van der Waals surface area contributed by atoms with Crippen LogP contribution in [0.2, 0.25) is 0 Å². The second-order valence-electron chi connectivity index (χ2n) is 2.31. The monoisotopic (exact) mass is 191 g/mol. The molecular formula is C8H8F3NO. The topological polar surface area (TPSA) is 22.1 Å². The molecule has 0 aliphatic heterocycles. The molecule has 0 saturated carbocycles. The molecule has 0 amide bonds. The highest BCUT2D eigenvalue weighted by Crippen LogP contribution is 2.28. The Hall–Kier alpha value is -1.26. The van der Waals surface area contributed by atoms with Crippen LogP contribution in [0.15, 0.2) is 18.3 Å². The van der Waals surface area contributed by atoms with E-state index in [4.69, 9.17) is 4.74 Å². The Balaban J connectivity index is 2.81. The molecule has 0 spiro atoms. The van der Waals surface area contributed by atoms with Crippen LogP contribution in [0.5, 0.6) is 5.75 Å². The number of pyridine rings is 1. The van der Waals surface area contributed by atoms with E-state index in [1.54, 1.807) is 6.92 Å². The molecule has 0 bridgehead atoms. The van der Waals surface area contributed by atoms with E-state index in [2.05, 4.69) is 4.98 Å². The Bertz CT molecular complexity index is 268. The second kappa shape index (κ2) is 3.64. The maximum atomic E-state index is 12.0. The van der Waals surface area contributed by atoms with Gasteiger partial charge in [0.25, 0.3) is 0 Å². The van der Waals surface area contributed by atoms with Crippen molar-refractivity contribution in [2.24, 2.45) is 0 Å². The minimum Gasteiger partial charge on any atom is -0.492 e. The maximum Gasteiger partial charge on any atom is 0.433 e. The fraction of sp³-hybridized carbons (Fsp3) is 0.375. The van der Waals surface area contributed by atoms with Crippen molar-refractivity contribution >= 4 is 0 Å². The number of hydrogen-bond donors (Lipinski definition) is 0. The molecule has 0 radical (unpaired) electrons. The standard InChI is InChI=1S/C8H8F3NO/c1-2-13-6-3-4-7(12-5-6)8(9,10)11/h3-5H,2H2,1H3. The number of nitrogens with zero attached hydrogens (tertiary/aromatic N) is 1. The Morgan fingerprint density at radius 1 is 1.38 bits per heavy atom. The molecule has 2 nitrogen and oxygen atoms in total. The van der Waals surface area contributed by atoms with Crippen LogP contribution in [0.25, 0.3) is 0 Å². The van der Waals surface area contributed by atoms with Crippen LogP contribution < -0.4 is 4.74 Å². The SMILES string of the molecule is CCOc1ccc(C(F)(F)F)nc1. The molecule has 13 heavy (non-hydrogen) atoms. The van der Waals surface area contributed by atoms with Gasteiger partial charge in [-0.3, -0.25) is 0 Å². The Kier molecular flexibility index (Phi) is 2.75. The van der Waals surface area contributed by atoms with Gasteiger partial charge in [0.1, 0.15) is 11.4 Å². The average Bonchev–Trinajstić information content (AvgIpc) is 2.04. The van der Waals surface area contributed by atoms with Crippen LogP contribution in [0.3, 0.4) is 0 Å². The maximum absolute atomic E-state index is 12.0. The lowest BCUT2D eigenvalue weighted by Gasteiger charge is -2.06. The zero-order valence-corrected chi connectivity index (χ0v) is 6.93. The van der Waals surface area contributed by atoms with Gasteiger partial charge in [0, 0.05) is 0 Å². The lowest BCUT2D eigenvalue weighted by molar-refractivity contribution is -0.141. The van der Waals surface area contributed by atoms with Gasteiger partial charge in [-0.1, -0.05) is 0 Å². The van der Waals surface area contributed by atoms with E-state index in [9.17, 15) is 13.2 Å². The fourth-order valence-electron chi connectivity index (χ4n) is 0.800. The van der Waals surface area contributed by atoms with Crippen molar-refractivity contribution in [2.75, 3.05) is 6.61 Å². The molecule has 1 rings (SSSR count). The van der Waals surface area contributed by atoms with Crippen molar-refractivity contribution in [3.05, 3.63) is 24.0 Å². The summed E-state index contributed by atoms with van der Waals surface area (Å²) in [5.74, 6) is 0.343. The van der Waals surface area contributed by atoms with E-state index in [0.717, 1.165) is 12.3 Å². The van der Waals surface area contributed by atoms with E-state index in [1.807, 2.05) is 0 Å². The van der Waals surface area contributed by atoms with Crippen molar-refractivity contribution in [2.45, 2.75) is 13.1 Å². The molecule has 0 aliphatic rings. The molecule has 0 fully saturated rings. The van der Waals surface area contributed by atoms with Gasteiger partial charge in [0.05, 0.1) is 12.8 Å². The van der Waals surface area contributed by atoms with Gasteiger partial charge in [0.2, 0.25) is 0 Å². The summed E-state index contributed by atoms with van der Waals surface area (Å²) in [7, 11) is 0. The molecule has 0 unspecified atom stereocenters. The minimum absolute atomic E-state index is 0.343. The van der Waals surface area contributed by atoms with Crippen molar-refractivity contribution in [3.63, 3.8) is 0 Å². The Morgan fingerprint density at radius 2 is 2.08 bits per heavy atom. The fourth-order valence-corrected chi connectivity index (χ4v) is 0.800. The van der Waals surface area contributed by atoms with Crippen LogP contribution in [0, 0.1) is 0 Å². The first-order valence-electron chi connectivity index (χ1n) is 3.70. The van der Waals surface area contributed by atoms with Crippen molar-refractivity contribution in [1.82, 2.24) is 4.98 Å². The lowest BCUT2D eigenvalue weighted by atomic mass is 10.3. The van der Waals surface area contributed by atoms with Gasteiger partial charge in [-0.15, -0.1) is 0 Å². The zero-order valence-electron chi connectivity index (χ0n) is 6.93. The third-order valence-corrected chi connectivity index (χ3v) is 1.34. The summed E-state index contributed by atoms with van der Waals surface area (Å²) in [4.78, 5) is 3.22. The predicted octanol–water partition coefficient (Wildman–Crippen LogP) is 2.50. The summed E-state index contributed by atoms with van der Waals surface area (Å²) in [6, 6.07) is 2.14. The summed E-state index contributed by atoms with van der Waals surface area (Å²) in [6.45, 7) is 2.16.